The second-order valence-corrected chi connectivity index (χ2v) is 7.67. The van der Waals surface area contributed by atoms with Gasteiger partial charge in [-0.25, -0.2) is 0 Å². The number of alkyl halides is 2. The first kappa shape index (κ1) is 26.0. The molecule has 0 fully saturated rings. The highest BCUT2D eigenvalue weighted by molar-refractivity contribution is 5.36. The lowest BCUT2D eigenvalue weighted by Crippen LogP contribution is -2.22. The number of hydrogen-bond donors (Lipinski definition) is 4. The van der Waals surface area contributed by atoms with Crippen molar-refractivity contribution in [2.45, 2.75) is 44.3 Å². The fourth-order valence-corrected chi connectivity index (χ4v) is 3.24. The zero-order chi connectivity index (χ0) is 23.4. The van der Waals surface area contributed by atoms with Gasteiger partial charge in [0, 0.05) is 24.3 Å². The predicted molar refractivity (Wildman–Crippen MR) is 118 cm³/mol. The van der Waals surface area contributed by atoms with E-state index in [1.807, 2.05) is 0 Å². The average molecular weight is 454 g/mol. The molecule has 1 atom stereocenters. The van der Waals surface area contributed by atoms with Gasteiger partial charge in [-0.2, -0.15) is 8.78 Å². The van der Waals surface area contributed by atoms with Crippen LogP contribution in [0.3, 0.4) is 0 Å². The highest BCUT2D eigenvalue weighted by Crippen LogP contribution is 2.30. The van der Waals surface area contributed by atoms with E-state index >= 15 is 0 Å². The molecule has 1 unspecified atom stereocenters. The van der Waals surface area contributed by atoms with Crippen LogP contribution < -0.4 is 10.1 Å². The molecule has 2 rings (SSSR count). The van der Waals surface area contributed by atoms with E-state index < -0.39 is 18.6 Å². The minimum atomic E-state index is -3.06. The van der Waals surface area contributed by atoms with Gasteiger partial charge in [-0.15, -0.1) is 0 Å². The number of aliphatic hydroxyl groups excluding tert-OH is 2. The topological polar surface area (TPSA) is 91.2 Å². The quantitative estimate of drug-likeness (QED) is 0.306. The number of rotatable bonds is 15. The van der Waals surface area contributed by atoms with E-state index in [0.717, 1.165) is 25.8 Å². The number of unbranched alkanes of at least 4 members (excludes halogenated alkanes) is 3. The van der Waals surface area contributed by atoms with E-state index in [1.54, 1.807) is 18.2 Å². The molecule has 0 aromatic heterocycles. The van der Waals surface area contributed by atoms with Crippen LogP contribution >= 0.6 is 0 Å². The lowest BCUT2D eigenvalue weighted by Gasteiger charge is -2.17. The van der Waals surface area contributed by atoms with Crippen LogP contribution in [-0.2, 0) is 17.3 Å². The largest absolute Gasteiger partial charge is 0.508 e. The van der Waals surface area contributed by atoms with Gasteiger partial charge >= 0.3 is 0 Å². The average Bonchev–Trinajstić information content (AvgIpc) is 2.80. The van der Waals surface area contributed by atoms with Gasteiger partial charge in [0.2, 0.25) is 0 Å². The van der Waals surface area contributed by atoms with E-state index in [-0.39, 0.29) is 24.5 Å². The van der Waals surface area contributed by atoms with Crippen LogP contribution in [0.1, 0.15) is 48.5 Å². The minimum Gasteiger partial charge on any atom is -0.508 e. The molecule has 32 heavy (non-hydrogen) atoms. The molecule has 0 aliphatic rings. The van der Waals surface area contributed by atoms with Gasteiger partial charge in [0.05, 0.1) is 19.8 Å². The van der Waals surface area contributed by atoms with Crippen molar-refractivity contribution in [3.05, 3.63) is 59.2 Å². The Hall–Kier alpha value is -2.26. The summed E-state index contributed by atoms with van der Waals surface area (Å²) in [6.07, 6.45) is 2.65. The monoisotopic (exact) mass is 453 g/mol. The van der Waals surface area contributed by atoms with Crippen molar-refractivity contribution >= 4 is 0 Å². The van der Waals surface area contributed by atoms with E-state index in [9.17, 15) is 24.1 Å². The van der Waals surface area contributed by atoms with Gasteiger partial charge in [-0.05, 0) is 49.2 Å². The maximum Gasteiger partial charge on any atom is 0.296 e. The second-order valence-electron chi connectivity index (χ2n) is 7.67. The van der Waals surface area contributed by atoms with Crippen LogP contribution in [0.4, 0.5) is 8.78 Å². The molecule has 2 aromatic rings. The van der Waals surface area contributed by atoms with Gasteiger partial charge in [0.1, 0.15) is 18.1 Å². The lowest BCUT2D eigenvalue weighted by atomic mass is 10.1. The number of hydrogen-bond acceptors (Lipinski definition) is 6. The Balaban J connectivity index is 1.53. The number of nitrogens with one attached hydrogen (secondary N) is 1. The molecule has 2 aromatic carbocycles. The summed E-state index contributed by atoms with van der Waals surface area (Å²) in [5, 5.41) is 32.1. The molecule has 0 spiro atoms. The normalized spacial score (nSPS) is 12.7. The standard InChI is InChI=1S/C24H33F2NO5/c1-31-21-8-6-7-20(14-21)24(25,26)17-32-12-5-3-2-4-11-27-15-23(30)18-9-10-22(29)19(13-18)16-28/h6-10,13-14,23,27-30H,2-5,11-12,15-17H2,1H3. The number of ether oxygens (including phenoxy) is 2. The van der Waals surface area contributed by atoms with Crippen molar-refractivity contribution in [2.75, 3.05) is 33.4 Å². The summed E-state index contributed by atoms with van der Waals surface area (Å²) in [4.78, 5) is 0. The molecular weight excluding hydrogens is 420 g/mol. The third-order valence-corrected chi connectivity index (χ3v) is 5.16. The molecule has 0 radical (unpaired) electrons. The molecule has 0 aliphatic heterocycles. The van der Waals surface area contributed by atoms with Crippen LogP contribution in [0.15, 0.2) is 42.5 Å². The van der Waals surface area contributed by atoms with Crippen LogP contribution in [0.5, 0.6) is 11.5 Å². The Morgan fingerprint density at radius 3 is 2.59 bits per heavy atom. The summed E-state index contributed by atoms with van der Waals surface area (Å²) in [6.45, 7) is 0.408. The van der Waals surface area contributed by atoms with E-state index in [4.69, 9.17) is 9.47 Å². The summed E-state index contributed by atoms with van der Waals surface area (Å²) in [6, 6.07) is 10.5. The van der Waals surface area contributed by atoms with Crippen LogP contribution in [0, 0.1) is 0 Å². The maximum atomic E-state index is 14.2. The van der Waals surface area contributed by atoms with E-state index in [0.29, 0.717) is 29.8 Å². The molecular formula is C24H33F2NO5. The maximum absolute atomic E-state index is 14.2. The van der Waals surface area contributed by atoms with Gasteiger partial charge in [0.25, 0.3) is 5.92 Å². The number of halogens is 2. The molecule has 6 nitrogen and oxygen atoms in total. The number of benzene rings is 2. The highest BCUT2D eigenvalue weighted by atomic mass is 19.3. The second kappa shape index (κ2) is 13.3. The third-order valence-electron chi connectivity index (χ3n) is 5.16. The summed E-state index contributed by atoms with van der Waals surface area (Å²) in [7, 11) is 1.44. The van der Waals surface area contributed by atoms with Crippen molar-refractivity contribution in [2.24, 2.45) is 0 Å². The van der Waals surface area contributed by atoms with Crippen molar-refractivity contribution in [1.29, 1.82) is 0 Å². The summed E-state index contributed by atoms with van der Waals surface area (Å²) in [5.41, 5.74) is 0.886. The Bertz CT molecular complexity index is 819. The molecule has 178 valence electrons. The number of phenols is 1. The molecule has 0 saturated carbocycles. The molecule has 0 amide bonds. The van der Waals surface area contributed by atoms with Gasteiger partial charge < -0.3 is 30.1 Å². The number of aliphatic hydroxyl groups is 2. The zero-order valence-electron chi connectivity index (χ0n) is 18.4. The highest BCUT2D eigenvalue weighted by Gasteiger charge is 2.32. The Labute approximate surface area is 187 Å². The van der Waals surface area contributed by atoms with Crippen molar-refractivity contribution < 1.29 is 33.6 Å². The summed E-state index contributed by atoms with van der Waals surface area (Å²) >= 11 is 0. The Kier molecular flexibility index (Phi) is 10.8. The molecule has 0 bridgehead atoms. The Morgan fingerprint density at radius 1 is 1.06 bits per heavy atom. The molecule has 0 heterocycles. The fraction of sp³-hybridized carbons (Fsp3) is 0.500. The fourth-order valence-electron chi connectivity index (χ4n) is 3.24. The SMILES string of the molecule is COc1cccc(C(F)(F)COCCCCCCNCC(O)c2ccc(O)c(CO)c2)c1. The van der Waals surface area contributed by atoms with Gasteiger partial charge in [-0.1, -0.05) is 31.0 Å². The first-order chi connectivity index (χ1) is 15.4. The van der Waals surface area contributed by atoms with Gasteiger partial charge in [0.15, 0.2) is 0 Å². The van der Waals surface area contributed by atoms with Crippen molar-refractivity contribution in [3.8, 4) is 11.5 Å². The molecule has 0 aliphatic carbocycles. The first-order valence-corrected chi connectivity index (χ1v) is 10.8. The molecule has 0 saturated heterocycles. The van der Waals surface area contributed by atoms with Crippen molar-refractivity contribution in [1.82, 2.24) is 5.32 Å². The minimum absolute atomic E-state index is 0.00408. The van der Waals surface area contributed by atoms with Crippen LogP contribution in [-0.4, -0.2) is 48.7 Å². The Morgan fingerprint density at radius 2 is 1.84 bits per heavy atom. The number of methoxy groups -OCH3 is 1. The number of aromatic hydroxyl groups is 1. The molecule has 4 N–H and O–H groups in total. The van der Waals surface area contributed by atoms with E-state index in [1.165, 1.54) is 31.4 Å². The van der Waals surface area contributed by atoms with Crippen LogP contribution in [0.2, 0.25) is 0 Å². The summed E-state index contributed by atoms with van der Waals surface area (Å²) < 4.78 is 38.6. The third kappa shape index (κ3) is 8.35. The smallest absolute Gasteiger partial charge is 0.296 e. The lowest BCUT2D eigenvalue weighted by molar-refractivity contribution is -0.0832. The van der Waals surface area contributed by atoms with Gasteiger partial charge in [-0.3, -0.25) is 0 Å². The van der Waals surface area contributed by atoms with Crippen molar-refractivity contribution in [3.63, 3.8) is 0 Å². The first-order valence-electron chi connectivity index (χ1n) is 10.8. The zero-order valence-corrected chi connectivity index (χ0v) is 18.4. The van der Waals surface area contributed by atoms with Crippen LogP contribution in [0.25, 0.3) is 0 Å². The van der Waals surface area contributed by atoms with E-state index in [2.05, 4.69) is 5.32 Å². The molecule has 8 heteroatoms. The predicted octanol–water partition coefficient (Wildman–Crippen LogP) is 3.89. The summed E-state index contributed by atoms with van der Waals surface area (Å²) in [5.74, 6) is -2.67.